The minimum Gasteiger partial charge on any atom is -0.236 e. The van der Waals surface area contributed by atoms with Crippen LogP contribution in [0.25, 0.3) is 10.9 Å². The van der Waals surface area contributed by atoms with Crippen LogP contribution in [0.3, 0.4) is 0 Å². The number of nitrogens with zero attached hydrogens (tertiary/aromatic N) is 1. The molecular formula is C17H14ClNS. The van der Waals surface area contributed by atoms with Gasteiger partial charge in [-0.1, -0.05) is 47.5 Å². The molecule has 1 heterocycles. The Bertz CT molecular complexity index is 755. The van der Waals surface area contributed by atoms with E-state index in [0.29, 0.717) is 5.15 Å². The number of fused-ring (bicyclic) bond motifs is 1. The average molecular weight is 300 g/mol. The van der Waals surface area contributed by atoms with Crippen molar-refractivity contribution >= 4 is 34.3 Å². The number of aromatic nitrogens is 1. The summed E-state index contributed by atoms with van der Waals surface area (Å²) in [5.74, 6) is 0.833. The van der Waals surface area contributed by atoms with Crippen molar-refractivity contribution in [3.05, 3.63) is 70.9 Å². The Morgan fingerprint density at radius 1 is 1.05 bits per heavy atom. The fraction of sp³-hybridized carbons (Fsp3) is 0.118. The molecule has 2 aromatic carbocycles. The van der Waals surface area contributed by atoms with Crippen LogP contribution in [0.1, 0.15) is 11.1 Å². The number of hydrogen-bond acceptors (Lipinski definition) is 2. The van der Waals surface area contributed by atoms with E-state index < -0.39 is 0 Å². The molecule has 0 aliphatic carbocycles. The van der Waals surface area contributed by atoms with E-state index in [9.17, 15) is 0 Å². The number of halogens is 1. The van der Waals surface area contributed by atoms with E-state index in [1.165, 1.54) is 10.5 Å². The lowest BCUT2D eigenvalue weighted by Crippen LogP contribution is -1.88. The lowest BCUT2D eigenvalue weighted by atomic mass is 10.2. The summed E-state index contributed by atoms with van der Waals surface area (Å²) in [4.78, 5) is 5.72. The van der Waals surface area contributed by atoms with Crippen LogP contribution in [0.5, 0.6) is 0 Å². The van der Waals surface area contributed by atoms with E-state index in [1.807, 2.05) is 18.2 Å². The summed E-state index contributed by atoms with van der Waals surface area (Å²) in [6.07, 6.45) is 0. The van der Waals surface area contributed by atoms with E-state index >= 15 is 0 Å². The predicted molar refractivity (Wildman–Crippen MR) is 87.5 cm³/mol. The first-order valence-electron chi connectivity index (χ1n) is 6.46. The SMILES string of the molecule is Cc1cccc(SCc2cc3ccccc3nc2Cl)c1. The number of thioether (sulfide) groups is 1. The summed E-state index contributed by atoms with van der Waals surface area (Å²) in [6.45, 7) is 2.11. The number of benzene rings is 2. The number of hydrogen-bond donors (Lipinski definition) is 0. The highest BCUT2D eigenvalue weighted by molar-refractivity contribution is 7.98. The molecule has 0 fully saturated rings. The number of rotatable bonds is 3. The normalized spacial score (nSPS) is 10.9. The quantitative estimate of drug-likeness (QED) is 0.468. The summed E-state index contributed by atoms with van der Waals surface area (Å²) in [6, 6.07) is 18.7. The Kier molecular flexibility index (Phi) is 3.95. The van der Waals surface area contributed by atoms with Gasteiger partial charge in [0.2, 0.25) is 0 Å². The van der Waals surface area contributed by atoms with Crippen LogP contribution in [-0.4, -0.2) is 4.98 Å². The molecule has 0 saturated carbocycles. The summed E-state index contributed by atoms with van der Waals surface area (Å²) >= 11 is 8.06. The first-order chi connectivity index (χ1) is 9.72. The standard InChI is InChI=1S/C17H14ClNS/c1-12-5-4-7-15(9-12)20-11-14-10-13-6-2-3-8-16(13)19-17(14)18/h2-10H,11H2,1H3. The maximum atomic E-state index is 6.28. The molecule has 3 heteroatoms. The van der Waals surface area contributed by atoms with E-state index in [4.69, 9.17) is 11.6 Å². The van der Waals surface area contributed by atoms with E-state index in [2.05, 4.69) is 48.3 Å². The van der Waals surface area contributed by atoms with Crippen LogP contribution in [0.4, 0.5) is 0 Å². The van der Waals surface area contributed by atoms with Gasteiger partial charge in [0.1, 0.15) is 5.15 Å². The summed E-state index contributed by atoms with van der Waals surface area (Å²) in [5.41, 5.74) is 3.30. The second kappa shape index (κ2) is 5.86. The van der Waals surface area contributed by atoms with Crippen LogP contribution in [0.2, 0.25) is 5.15 Å². The van der Waals surface area contributed by atoms with Crippen molar-refractivity contribution in [1.29, 1.82) is 0 Å². The third-order valence-electron chi connectivity index (χ3n) is 3.13. The summed E-state index contributed by atoms with van der Waals surface area (Å²) in [5, 5.41) is 1.74. The second-order valence-corrected chi connectivity index (χ2v) is 6.14. The molecule has 0 atom stereocenters. The third kappa shape index (κ3) is 2.97. The molecular weight excluding hydrogens is 286 g/mol. The molecule has 0 N–H and O–H groups in total. The molecule has 3 aromatic rings. The van der Waals surface area contributed by atoms with Crippen LogP contribution >= 0.6 is 23.4 Å². The number of aryl methyl sites for hydroxylation is 1. The summed E-state index contributed by atoms with van der Waals surface area (Å²) < 4.78 is 0. The molecule has 0 bridgehead atoms. The van der Waals surface area contributed by atoms with E-state index in [-0.39, 0.29) is 0 Å². The van der Waals surface area contributed by atoms with Gasteiger partial charge in [-0.3, -0.25) is 0 Å². The van der Waals surface area contributed by atoms with Gasteiger partial charge in [0.15, 0.2) is 0 Å². The van der Waals surface area contributed by atoms with Gasteiger partial charge in [0.25, 0.3) is 0 Å². The molecule has 0 saturated heterocycles. The van der Waals surface area contributed by atoms with Gasteiger partial charge in [-0.2, -0.15) is 0 Å². The van der Waals surface area contributed by atoms with Crippen LogP contribution in [-0.2, 0) is 5.75 Å². The van der Waals surface area contributed by atoms with Gasteiger partial charge in [-0.25, -0.2) is 4.98 Å². The number of pyridine rings is 1. The van der Waals surface area contributed by atoms with Crippen molar-refractivity contribution in [2.75, 3.05) is 0 Å². The highest BCUT2D eigenvalue weighted by atomic mass is 35.5. The zero-order valence-electron chi connectivity index (χ0n) is 11.1. The van der Waals surface area contributed by atoms with Gasteiger partial charge in [-0.15, -0.1) is 11.8 Å². The highest BCUT2D eigenvalue weighted by Gasteiger charge is 2.05. The van der Waals surface area contributed by atoms with Crippen molar-refractivity contribution in [1.82, 2.24) is 4.98 Å². The van der Waals surface area contributed by atoms with Gasteiger partial charge in [0, 0.05) is 21.6 Å². The zero-order valence-corrected chi connectivity index (χ0v) is 12.7. The van der Waals surface area contributed by atoms with E-state index in [1.54, 1.807) is 11.8 Å². The molecule has 0 unspecified atom stereocenters. The molecule has 100 valence electrons. The highest BCUT2D eigenvalue weighted by Crippen LogP contribution is 2.28. The minimum absolute atomic E-state index is 0.601. The molecule has 1 aromatic heterocycles. The van der Waals surface area contributed by atoms with Gasteiger partial charge in [0.05, 0.1) is 5.52 Å². The lowest BCUT2D eigenvalue weighted by molar-refractivity contribution is 1.29. The monoisotopic (exact) mass is 299 g/mol. The Morgan fingerprint density at radius 3 is 2.75 bits per heavy atom. The van der Waals surface area contributed by atoms with Crippen molar-refractivity contribution in [2.45, 2.75) is 17.6 Å². The van der Waals surface area contributed by atoms with Gasteiger partial charge in [-0.05, 0) is 31.2 Å². The van der Waals surface area contributed by atoms with Gasteiger partial charge < -0.3 is 0 Å². The van der Waals surface area contributed by atoms with Crippen molar-refractivity contribution in [3.63, 3.8) is 0 Å². The Morgan fingerprint density at radius 2 is 1.90 bits per heavy atom. The maximum absolute atomic E-state index is 6.28. The zero-order chi connectivity index (χ0) is 13.9. The Balaban J connectivity index is 1.85. The average Bonchev–Trinajstić information content (AvgIpc) is 2.45. The van der Waals surface area contributed by atoms with Crippen molar-refractivity contribution in [2.24, 2.45) is 0 Å². The fourth-order valence-electron chi connectivity index (χ4n) is 2.10. The van der Waals surface area contributed by atoms with E-state index in [0.717, 1.165) is 22.2 Å². The van der Waals surface area contributed by atoms with Gasteiger partial charge >= 0.3 is 0 Å². The molecule has 0 aliphatic rings. The molecule has 20 heavy (non-hydrogen) atoms. The molecule has 0 spiro atoms. The van der Waals surface area contributed by atoms with Crippen molar-refractivity contribution < 1.29 is 0 Å². The molecule has 1 nitrogen and oxygen atoms in total. The van der Waals surface area contributed by atoms with Crippen LogP contribution < -0.4 is 0 Å². The first kappa shape index (κ1) is 13.5. The summed E-state index contributed by atoms with van der Waals surface area (Å²) in [7, 11) is 0. The third-order valence-corrected chi connectivity index (χ3v) is 4.50. The maximum Gasteiger partial charge on any atom is 0.133 e. The Labute approximate surface area is 128 Å². The van der Waals surface area contributed by atoms with Crippen LogP contribution in [0.15, 0.2) is 59.5 Å². The largest absolute Gasteiger partial charge is 0.236 e. The molecule has 3 rings (SSSR count). The van der Waals surface area contributed by atoms with Crippen molar-refractivity contribution in [3.8, 4) is 0 Å². The van der Waals surface area contributed by atoms with Crippen LogP contribution in [0, 0.1) is 6.92 Å². The number of para-hydroxylation sites is 1. The topological polar surface area (TPSA) is 12.9 Å². The second-order valence-electron chi connectivity index (χ2n) is 4.74. The Hall–Kier alpha value is -1.51. The minimum atomic E-state index is 0.601. The molecule has 0 amide bonds. The first-order valence-corrected chi connectivity index (χ1v) is 7.82. The molecule has 0 radical (unpaired) electrons. The molecule has 0 aliphatic heterocycles. The lowest BCUT2D eigenvalue weighted by Gasteiger charge is -2.06. The predicted octanol–water partition coefficient (Wildman–Crippen LogP) is 5.49. The fourth-order valence-corrected chi connectivity index (χ4v) is 3.38. The smallest absolute Gasteiger partial charge is 0.133 e.